The van der Waals surface area contributed by atoms with Gasteiger partial charge in [-0.2, -0.15) is 0 Å². The zero-order valence-corrected chi connectivity index (χ0v) is 12.0. The fraction of sp³-hybridized carbons (Fsp3) is 0.867. The van der Waals surface area contributed by atoms with Crippen molar-refractivity contribution in [1.82, 2.24) is 0 Å². The van der Waals surface area contributed by atoms with Gasteiger partial charge in [0.2, 0.25) is 5.92 Å². The molecule has 0 aromatic heterocycles. The zero-order valence-electron chi connectivity index (χ0n) is 12.0. The maximum absolute atomic E-state index is 15.1. The second-order valence-electron chi connectivity index (χ2n) is 7.04. The third kappa shape index (κ3) is 2.77. The normalized spacial score (nSPS) is 27.7. The average Bonchev–Trinajstić information content (AvgIpc) is 3.02. The molecule has 0 heterocycles. The minimum Gasteiger partial charge on any atom is -0.492 e. The molecule has 0 atom stereocenters. The maximum Gasteiger partial charge on any atom is 0.248 e. The molecule has 2 fully saturated rings. The fourth-order valence-corrected chi connectivity index (χ4v) is 3.06. The Morgan fingerprint density at radius 1 is 0.947 bits per heavy atom. The van der Waals surface area contributed by atoms with Crippen molar-refractivity contribution in [2.24, 2.45) is 5.41 Å². The van der Waals surface area contributed by atoms with Crippen LogP contribution in [0.5, 0.6) is 0 Å². The lowest BCUT2D eigenvalue weighted by molar-refractivity contribution is -0.104. The van der Waals surface area contributed by atoms with Gasteiger partial charge in [-0.25, -0.2) is 13.2 Å². The standard InChI is InChI=1S/C15H23F3O/c1-11(19-12(2,3)4)13(5-6-13)14(16)7-9-15(17,18)10-8-14/h1,5-10H2,2-4H3. The third-order valence-electron chi connectivity index (χ3n) is 4.34. The van der Waals surface area contributed by atoms with E-state index in [2.05, 4.69) is 6.58 Å². The lowest BCUT2D eigenvalue weighted by atomic mass is 9.73. The quantitative estimate of drug-likeness (QED) is 0.658. The van der Waals surface area contributed by atoms with Crippen LogP contribution in [0.15, 0.2) is 12.3 Å². The van der Waals surface area contributed by atoms with Crippen molar-refractivity contribution in [2.75, 3.05) is 0 Å². The van der Waals surface area contributed by atoms with Crippen LogP contribution >= 0.6 is 0 Å². The van der Waals surface area contributed by atoms with Crippen LogP contribution in [0.2, 0.25) is 0 Å². The molecule has 2 aliphatic carbocycles. The number of alkyl halides is 3. The first-order valence-electron chi connectivity index (χ1n) is 6.95. The largest absolute Gasteiger partial charge is 0.492 e. The van der Waals surface area contributed by atoms with Crippen molar-refractivity contribution in [3.05, 3.63) is 12.3 Å². The van der Waals surface area contributed by atoms with Gasteiger partial charge >= 0.3 is 0 Å². The summed E-state index contributed by atoms with van der Waals surface area (Å²) in [4.78, 5) is 0. The van der Waals surface area contributed by atoms with Crippen LogP contribution in [-0.2, 0) is 4.74 Å². The van der Waals surface area contributed by atoms with E-state index in [1.807, 2.05) is 20.8 Å². The highest BCUT2D eigenvalue weighted by molar-refractivity contribution is 5.24. The molecule has 0 unspecified atom stereocenters. The van der Waals surface area contributed by atoms with Gasteiger partial charge in [-0.15, -0.1) is 0 Å². The molecule has 19 heavy (non-hydrogen) atoms. The lowest BCUT2D eigenvalue weighted by Crippen LogP contribution is -2.44. The van der Waals surface area contributed by atoms with Crippen LogP contribution < -0.4 is 0 Å². The van der Waals surface area contributed by atoms with E-state index in [4.69, 9.17) is 4.74 Å². The Morgan fingerprint density at radius 3 is 1.79 bits per heavy atom. The van der Waals surface area contributed by atoms with Gasteiger partial charge in [0.25, 0.3) is 0 Å². The smallest absolute Gasteiger partial charge is 0.248 e. The van der Waals surface area contributed by atoms with Crippen molar-refractivity contribution in [2.45, 2.75) is 76.5 Å². The Morgan fingerprint density at radius 2 is 1.42 bits per heavy atom. The zero-order chi connectivity index (χ0) is 14.5. The van der Waals surface area contributed by atoms with E-state index in [9.17, 15) is 8.78 Å². The summed E-state index contributed by atoms with van der Waals surface area (Å²) in [5, 5.41) is 0. The predicted molar refractivity (Wildman–Crippen MR) is 68.9 cm³/mol. The molecule has 2 rings (SSSR count). The fourth-order valence-electron chi connectivity index (χ4n) is 3.06. The van der Waals surface area contributed by atoms with E-state index >= 15 is 4.39 Å². The summed E-state index contributed by atoms with van der Waals surface area (Å²) in [5.41, 5.74) is -2.73. The second-order valence-corrected chi connectivity index (χ2v) is 7.04. The van der Waals surface area contributed by atoms with E-state index in [1.165, 1.54) is 0 Å². The van der Waals surface area contributed by atoms with Gasteiger partial charge in [0.15, 0.2) is 0 Å². The summed E-state index contributed by atoms with van der Waals surface area (Å²) >= 11 is 0. The van der Waals surface area contributed by atoms with Crippen LogP contribution in [0.25, 0.3) is 0 Å². The summed E-state index contributed by atoms with van der Waals surface area (Å²) in [6.07, 6.45) is 0.398. The van der Waals surface area contributed by atoms with Crippen molar-refractivity contribution in [3.63, 3.8) is 0 Å². The van der Waals surface area contributed by atoms with Gasteiger partial charge in [0.05, 0.1) is 11.2 Å². The average molecular weight is 276 g/mol. The minimum absolute atomic E-state index is 0.0908. The minimum atomic E-state index is -2.71. The van der Waals surface area contributed by atoms with Crippen molar-refractivity contribution in [1.29, 1.82) is 0 Å². The van der Waals surface area contributed by atoms with Gasteiger partial charge in [-0.3, -0.25) is 0 Å². The molecule has 0 aliphatic heterocycles. The first-order valence-corrected chi connectivity index (χ1v) is 6.95. The molecular weight excluding hydrogens is 253 g/mol. The van der Waals surface area contributed by atoms with Crippen LogP contribution in [0, 0.1) is 5.41 Å². The third-order valence-corrected chi connectivity index (χ3v) is 4.34. The molecular formula is C15H23F3O. The molecule has 2 saturated carbocycles. The van der Waals surface area contributed by atoms with Gasteiger partial charge in [-0.05, 0) is 46.5 Å². The molecule has 4 heteroatoms. The summed E-state index contributed by atoms with van der Waals surface area (Å²) in [6, 6.07) is 0. The number of ether oxygens (including phenoxy) is 1. The maximum atomic E-state index is 15.1. The van der Waals surface area contributed by atoms with Gasteiger partial charge in [0.1, 0.15) is 11.3 Å². The van der Waals surface area contributed by atoms with Gasteiger partial charge in [-0.1, -0.05) is 6.58 Å². The number of hydrogen-bond acceptors (Lipinski definition) is 1. The number of allylic oxidation sites excluding steroid dienone is 1. The summed E-state index contributed by atoms with van der Waals surface area (Å²) in [7, 11) is 0. The molecule has 0 bridgehead atoms. The highest BCUT2D eigenvalue weighted by Gasteiger charge is 2.65. The SMILES string of the molecule is C=C(OC(C)(C)C)C1(C2(F)CCC(F)(F)CC2)CC1. The number of hydrogen-bond donors (Lipinski definition) is 0. The van der Waals surface area contributed by atoms with Crippen molar-refractivity contribution < 1.29 is 17.9 Å². The summed E-state index contributed by atoms with van der Waals surface area (Å²) in [5.74, 6) is -2.27. The molecule has 0 aromatic carbocycles. The van der Waals surface area contributed by atoms with Crippen molar-refractivity contribution in [3.8, 4) is 0 Å². The monoisotopic (exact) mass is 276 g/mol. The second kappa shape index (κ2) is 4.16. The van der Waals surface area contributed by atoms with Gasteiger partial charge in [0, 0.05) is 12.8 Å². The molecule has 1 nitrogen and oxygen atoms in total. The van der Waals surface area contributed by atoms with Crippen LogP contribution in [0.1, 0.15) is 59.3 Å². The highest BCUT2D eigenvalue weighted by Crippen LogP contribution is 2.66. The number of rotatable bonds is 3. The summed E-state index contributed by atoms with van der Waals surface area (Å²) < 4.78 is 47.2. The van der Waals surface area contributed by atoms with Crippen LogP contribution in [0.3, 0.4) is 0 Å². The Labute approximate surface area is 113 Å². The molecule has 0 aromatic rings. The van der Waals surface area contributed by atoms with E-state index in [-0.39, 0.29) is 25.7 Å². The molecule has 0 N–H and O–H groups in total. The number of halogens is 3. The molecule has 110 valence electrons. The van der Waals surface area contributed by atoms with E-state index in [0.717, 1.165) is 0 Å². The van der Waals surface area contributed by atoms with Gasteiger partial charge < -0.3 is 4.74 Å². The van der Waals surface area contributed by atoms with Crippen molar-refractivity contribution >= 4 is 0 Å². The van der Waals surface area contributed by atoms with E-state index in [1.54, 1.807) is 0 Å². The predicted octanol–water partition coefficient (Wildman–Crippen LogP) is 5.01. The molecule has 0 spiro atoms. The highest BCUT2D eigenvalue weighted by atomic mass is 19.3. The Kier molecular flexibility index (Phi) is 3.23. The topological polar surface area (TPSA) is 9.23 Å². The van der Waals surface area contributed by atoms with E-state index < -0.39 is 22.6 Å². The Balaban J connectivity index is 2.10. The first kappa shape index (κ1) is 14.7. The molecule has 0 radical (unpaired) electrons. The molecule has 0 amide bonds. The molecule has 2 aliphatic rings. The first-order chi connectivity index (χ1) is 8.50. The lowest BCUT2D eigenvalue weighted by Gasteiger charge is -2.41. The van der Waals surface area contributed by atoms with E-state index in [0.29, 0.717) is 18.6 Å². The Hall–Kier alpha value is -0.670. The van der Waals surface area contributed by atoms with Crippen LogP contribution in [-0.4, -0.2) is 17.2 Å². The summed E-state index contributed by atoms with van der Waals surface area (Å²) in [6.45, 7) is 9.53. The Bertz CT molecular complexity index is 367. The van der Waals surface area contributed by atoms with Crippen LogP contribution in [0.4, 0.5) is 13.2 Å². The molecule has 0 saturated heterocycles.